The van der Waals surface area contributed by atoms with Gasteiger partial charge in [0.25, 0.3) is 0 Å². The molecule has 0 bridgehead atoms. The molecule has 7 heteroatoms. The van der Waals surface area contributed by atoms with E-state index in [-0.39, 0.29) is 5.91 Å². The first-order valence-corrected chi connectivity index (χ1v) is 11.2. The van der Waals surface area contributed by atoms with Gasteiger partial charge in [0.2, 0.25) is 5.91 Å². The summed E-state index contributed by atoms with van der Waals surface area (Å²) < 4.78 is 2.33. The Morgan fingerprint density at radius 1 is 1.38 bits per heavy atom. The van der Waals surface area contributed by atoms with Crippen LogP contribution in [-0.2, 0) is 11.2 Å². The van der Waals surface area contributed by atoms with E-state index in [1.54, 1.807) is 29.2 Å². The molecule has 0 spiro atoms. The molecule has 26 heavy (non-hydrogen) atoms. The van der Waals surface area contributed by atoms with E-state index in [1.165, 1.54) is 30.6 Å². The van der Waals surface area contributed by atoms with Gasteiger partial charge < -0.3 is 9.88 Å². The van der Waals surface area contributed by atoms with Gasteiger partial charge in [0, 0.05) is 34.8 Å². The molecule has 0 radical (unpaired) electrons. The minimum Gasteiger partial charge on any atom is -0.353 e. The second-order valence-electron chi connectivity index (χ2n) is 6.59. The van der Waals surface area contributed by atoms with Crippen molar-refractivity contribution in [1.82, 2.24) is 20.1 Å². The number of carbonyl (C=O) groups is 1. The Morgan fingerprint density at radius 2 is 2.19 bits per heavy atom. The highest BCUT2D eigenvalue weighted by atomic mass is 32.2. The number of amides is 1. The fourth-order valence-electron chi connectivity index (χ4n) is 3.36. The maximum atomic E-state index is 11.9. The van der Waals surface area contributed by atoms with Crippen LogP contribution in [0.5, 0.6) is 0 Å². The molecule has 1 fully saturated rings. The molecule has 1 amide bonds. The molecular formula is C19H26N4OS2. The topological polar surface area (TPSA) is 59.8 Å². The SMILES string of the molecule is CSc1nnc(CCCNC(=O)/C=C/c2ccc(C)s2)n1C1CCCC1. The minimum absolute atomic E-state index is 0.0434. The molecule has 2 aromatic heterocycles. The molecule has 2 heterocycles. The van der Waals surface area contributed by atoms with E-state index in [1.807, 2.05) is 12.1 Å². The first kappa shape index (κ1) is 19.2. The number of aryl methyl sites for hydroxylation is 2. The Labute approximate surface area is 163 Å². The van der Waals surface area contributed by atoms with Crippen LogP contribution in [0, 0.1) is 6.92 Å². The van der Waals surface area contributed by atoms with Crippen molar-refractivity contribution >= 4 is 35.1 Å². The zero-order chi connectivity index (χ0) is 18.4. The predicted molar refractivity (Wildman–Crippen MR) is 109 cm³/mol. The van der Waals surface area contributed by atoms with Crippen LogP contribution in [0.1, 0.15) is 53.7 Å². The van der Waals surface area contributed by atoms with Gasteiger partial charge in [-0.2, -0.15) is 0 Å². The van der Waals surface area contributed by atoms with Gasteiger partial charge >= 0.3 is 0 Å². The lowest BCUT2D eigenvalue weighted by molar-refractivity contribution is -0.116. The average molecular weight is 391 g/mol. The Balaban J connectivity index is 1.47. The van der Waals surface area contributed by atoms with Crippen LogP contribution in [0.2, 0.25) is 0 Å². The Bertz CT molecular complexity index is 759. The number of nitrogens with one attached hydrogen (secondary N) is 1. The van der Waals surface area contributed by atoms with Gasteiger partial charge in [0.15, 0.2) is 5.16 Å². The van der Waals surface area contributed by atoms with Crippen molar-refractivity contribution in [3.05, 3.63) is 33.8 Å². The van der Waals surface area contributed by atoms with E-state index in [4.69, 9.17) is 0 Å². The first-order valence-electron chi connectivity index (χ1n) is 9.17. The molecule has 0 atom stereocenters. The van der Waals surface area contributed by atoms with Crippen molar-refractivity contribution in [3.63, 3.8) is 0 Å². The third-order valence-corrected chi connectivity index (χ3v) is 6.25. The largest absolute Gasteiger partial charge is 0.353 e. The van der Waals surface area contributed by atoms with Crippen LogP contribution in [0.15, 0.2) is 23.4 Å². The summed E-state index contributed by atoms with van der Waals surface area (Å²) in [6, 6.07) is 4.64. The van der Waals surface area contributed by atoms with Gasteiger partial charge in [0.05, 0.1) is 0 Å². The molecule has 140 valence electrons. The number of thiophene rings is 1. The molecule has 5 nitrogen and oxygen atoms in total. The summed E-state index contributed by atoms with van der Waals surface area (Å²) >= 11 is 3.35. The van der Waals surface area contributed by atoms with Crippen LogP contribution in [0.25, 0.3) is 6.08 Å². The second-order valence-corrected chi connectivity index (χ2v) is 8.68. The molecule has 1 aliphatic carbocycles. The van der Waals surface area contributed by atoms with E-state index < -0.39 is 0 Å². The van der Waals surface area contributed by atoms with E-state index in [0.717, 1.165) is 28.7 Å². The van der Waals surface area contributed by atoms with Crippen LogP contribution in [0.4, 0.5) is 0 Å². The molecule has 0 aliphatic heterocycles. The number of hydrogen-bond acceptors (Lipinski definition) is 5. The zero-order valence-electron chi connectivity index (χ0n) is 15.4. The maximum absolute atomic E-state index is 11.9. The Morgan fingerprint density at radius 3 is 2.88 bits per heavy atom. The third-order valence-electron chi connectivity index (χ3n) is 4.64. The van der Waals surface area contributed by atoms with Gasteiger partial charge in [-0.15, -0.1) is 21.5 Å². The lowest BCUT2D eigenvalue weighted by atomic mass is 10.2. The molecule has 3 rings (SSSR count). The van der Waals surface area contributed by atoms with Gasteiger partial charge in [-0.1, -0.05) is 24.6 Å². The van der Waals surface area contributed by atoms with E-state index in [0.29, 0.717) is 12.6 Å². The van der Waals surface area contributed by atoms with Crippen LogP contribution in [0.3, 0.4) is 0 Å². The molecule has 2 aromatic rings. The summed E-state index contributed by atoms with van der Waals surface area (Å²) in [6.45, 7) is 2.72. The third kappa shape index (κ3) is 4.98. The smallest absolute Gasteiger partial charge is 0.244 e. The lowest BCUT2D eigenvalue weighted by Crippen LogP contribution is -2.23. The highest BCUT2D eigenvalue weighted by molar-refractivity contribution is 7.98. The second kappa shape index (κ2) is 9.37. The van der Waals surface area contributed by atoms with Crippen molar-refractivity contribution in [1.29, 1.82) is 0 Å². The number of rotatable bonds is 8. The van der Waals surface area contributed by atoms with Crippen molar-refractivity contribution in [2.24, 2.45) is 0 Å². The summed E-state index contributed by atoms with van der Waals surface area (Å²) in [4.78, 5) is 14.3. The van der Waals surface area contributed by atoms with Crippen LogP contribution in [-0.4, -0.2) is 33.5 Å². The van der Waals surface area contributed by atoms with Crippen molar-refractivity contribution in [2.45, 2.75) is 56.6 Å². The summed E-state index contributed by atoms with van der Waals surface area (Å²) in [7, 11) is 0. The summed E-state index contributed by atoms with van der Waals surface area (Å²) in [5.41, 5.74) is 0. The molecule has 0 aromatic carbocycles. The number of aromatic nitrogens is 3. The molecule has 1 aliphatic rings. The Hall–Kier alpha value is -1.60. The predicted octanol–water partition coefficient (Wildman–Crippen LogP) is 4.25. The van der Waals surface area contributed by atoms with E-state index >= 15 is 0 Å². The number of nitrogens with zero attached hydrogens (tertiary/aromatic N) is 3. The van der Waals surface area contributed by atoms with Crippen LogP contribution < -0.4 is 5.32 Å². The van der Waals surface area contributed by atoms with E-state index in [2.05, 4.69) is 39.3 Å². The highest BCUT2D eigenvalue weighted by Gasteiger charge is 2.23. The summed E-state index contributed by atoms with van der Waals surface area (Å²) in [5, 5.41) is 12.7. The molecular weight excluding hydrogens is 364 g/mol. The fourth-order valence-corrected chi connectivity index (χ4v) is 4.72. The maximum Gasteiger partial charge on any atom is 0.244 e. The van der Waals surface area contributed by atoms with Crippen molar-refractivity contribution in [2.75, 3.05) is 12.8 Å². The van der Waals surface area contributed by atoms with Gasteiger partial charge in [-0.25, -0.2) is 0 Å². The van der Waals surface area contributed by atoms with Crippen molar-refractivity contribution < 1.29 is 4.79 Å². The van der Waals surface area contributed by atoms with Gasteiger partial charge in [-0.05, 0) is 50.7 Å². The van der Waals surface area contributed by atoms with Gasteiger partial charge in [0.1, 0.15) is 5.82 Å². The van der Waals surface area contributed by atoms with Crippen molar-refractivity contribution in [3.8, 4) is 0 Å². The Kier molecular flexibility index (Phi) is 6.91. The lowest BCUT2D eigenvalue weighted by Gasteiger charge is -2.16. The normalized spacial score (nSPS) is 15.2. The number of hydrogen-bond donors (Lipinski definition) is 1. The average Bonchev–Trinajstić information content (AvgIpc) is 3.37. The number of carbonyl (C=O) groups excluding carboxylic acids is 1. The summed E-state index contributed by atoms with van der Waals surface area (Å²) in [6.07, 6.45) is 12.3. The molecule has 0 saturated heterocycles. The molecule has 1 N–H and O–H groups in total. The quantitative estimate of drug-likeness (QED) is 0.416. The molecule has 0 unspecified atom stereocenters. The minimum atomic E-state index is -0.0434. The zero-order valence-corrected chi connectivity index (χ0v) is 17.0. The first-order chi connectivity index (χ1) is 12.7. The molecule has 1 saturated carbocycles. The highest BCUT2D eigenvalue weighted by Crippen LogP contribution is 2.33. The van der Waals surface area contributed by atoms with E-state index in [9.17, 15) is 4.79 Å². The summed E-state index contributed by atoms with van der Waals surface area (Å²) in [5.74, 6) is 1.01. The standard InChI is InChI=1S/C19H26N4OS2/c1-14-9-10-16(26-14)11-12-18(24)20-13-5-8-17-21-22-19(25-2)23(17)15-6-3-4-7-15/h9-12,15H,3-8,13H2,1-2H3,(H,20,24)/b12-11+. The van der Waals surface area contributed by atoms with Gasteiger partial charge in [-0.3, -0.25) is 4.79 Å². The monoisotopic (exact) mass is 390 g/mol. The fraction of sp³-hybridized carbons (Fsp3) is 0.526. The van der Waals surface area contributed by atoms with Crippen LogP contribution >= 0.6 is 23.1 Å². The number of thioether (sulfide) groups is 1.